The number of nitrogens with zero attached hydrogens (tertiary/aromatic N) is 1. The van der Waals surface area contributed by atoms with E-state index in [9.17, 15) is 0 Å². The van der Waals surface area contributed by atoms with E-state index >= 15 is 0 Å². The van der Waals surface area contributed by atoms with Gasteiger partial charge < -0.3 is 5.32 Å². The van der Waals surface area contributed by atoms with E-state index < -0.39 is 0 Å². The third-order valence-corrected chi connectivity index (χ3v) is 3.54. The van der Waals surface area contributed by atoms with Crippen molar-refractivity contribution in [3.63, 3.8) is 0 Å². The first-order chi connectivity index (χ1) is 7.66. The van der Waals surface area contributed by atoms with Crippen LogP contribution >= 0.6 is 11.3 Å². The molecule has 1 rings (SSSR count). The Bertz CT molecular complexity index is 309. The van der Waals surface area contributed by atoms with Crippen molar-refractivity contribution in [2.75, 3.05) is 0 Å². The number of hydrogen-bond donors (Lipinski definition) is 1. The Morgan fingerprint density at radius 2 is 1.82 bits per heavy atom. The number of rotatable bonds is 4. The van der Waals surface area contributed by atoms with Gasteiger partial charge in [-0.05, 0) is 39.0 Å². The number of hydrogen-bond acceptors (Lipinski definition) is 3. The molecule has 0 bridgehead atoms. The largest absolute Gasteiger partial charge is 0.307 e. The van der Waals surface area contributed by atoms with Gasteiger partial charge in [-0.25, -0.2) is 4.98 Å². The molecule has 1 heterocycles. The fourth-order valence-corrected chi connectivity index (χ4v) is 2.24. The molecule has 0 atom stereocenters. The molecule has 0 saturated carbocycles. The summed E-state index contributed by atoms with van der Waals surface area (Å²) < 4.78 is 0. The Morgan fingerprint density at radius 3 is 2.35 bits per heavy atom. The zero-order chi connectivity index (χ0) is 13.1. The zero-order valence-corrected chi connectivity index (χ0v) is 12.9. The molecule has 0 fully saturated rings. The van der Waals surface area contributed by atoms with Crippen LogP contribution in [-0.4, -0.2) is 10.5 Å². The lowest BCUT2D eigenvalue weighted by Crippen LogP contribution is -2.34. The number of aryl methyl sites for hydroxylation is 1. The molecule has 0 aliphatic rings. The SMILES string of the molecule is CC(C)(C)CCc1ncc(CNC(C)(C)C)s1. The van der Waals surface area contributed by atoms with E-state index in [1.54, 1.807) is 0 Å². The summed E-state index contributed by atoms with van der Waals surface area (Å²) in [7, 11) is 0. The number of aromatic nitrogens is 1. The number of nitrogens with one attached hydrogen (secondary N) is 1. The predicted molar refractivity (Wildman–Crippen MR) is 76.5 cm³/mol. The molecule has 0 radical (unpaired) electrons. The lowest BCUT2D eigenvalue weighted by atomic mass is 9.91. The minimum Gasteiger partial charge on any atom is -0.307 e. The van der Waals surface area contributed by atoms with Crippen molar-refractivity contribution < 1.29 is 0 Å². The Labute approximate surface area is 110 Å². The lowest BCUT2D eigenvalue weighted by molar-refractivity contribution is 0.378. The molecule has 17 heavy (non-hydrogen) atoms. The van der Waals surface area contributed by atoms with Crippen molar-refractivity contribution >= 4 is 11.3 Å². The molecule has 98 valence electrons. The Balaban J connectivity index is 2.43. The second-order valence-corrected chi connectivity index (χ2v) is 8.08. The van der Waals surface area contributed by atoms with Crippen molar-refractivity contribution in [1.82, 2.24) is 10.3 Å². The minimum atomic E-state index is 0.176. The maximum atomic E-state index is 4.50. The van der Waals surface area contributed by atoms with Gasteiger partial charge in [0.2, 0.25) is 0 Å². The van der Waals surface area contributed by atoms with Crippen LogP contribution in [0.3, 0.4) is 0 Å². The van der Waals surface area contributed by atoms with Crippen LogP contribution in [0.4, 0.5) is 0 Å². The van der Waals surface area contributed by atoms with E-state index in [4.69, 9.17) is 0 Å². The highest BCUT2D eigenvalue weighted by Crippen LogP contribution is 2.23. The van der Waals surface area contributed by atoms with Crippen LogP contribution < -0.4 is 5.32 Å². The van der Waals surface area contributed by atoms with Crippen molar-refractivity contribution in [3.8, 4) is 0 Å². The molecule has 0 spiro atoms. The highest BCUT2D eigenvalue weighted by Gasteiger charge is 2.13. The van der Waals surface area contributed by atoms with Gasteiger partial charge in [0.05, 0.1) is 5.01 Å². The summed E-state index contributed by atoms with van der Waals surface area (Å²) in [5.74, 6) is 0. The molecule has 0 aliphatic heterocycles. The van der Waals surface area contributed by atoms with Crippen LogP contribution in [0, 0.1) is 5.41 Å². The van der Waals surface area contributed by atoms with Crippen LogP contribution in [0.2, 0.25) is 0 Å². The standard InChI is InChI=1S/C14H26N2S/c1-13(2,3)8-7-12-15-9-11(17-12)10-16-14(4,5)6/h9,16H,7-8,10H2,1-6H3. The minimum absolute atomic E-state index is 0.176. The van der Waals surface area contributed by atoms with Crippen LogP contribution in [0.15, 0.2) is 6.20 Å². The predicted octanol–water partition coefficient (Wildman–Crippen LogP) is 4.01. The van der Waals surface area contributed by atoms with E-state index in [1.165, 1.54) is 16.3 Å². The van der Waals surface area contributed by atoms with Crippen LogP contribution in [-0.2, 0) is 13.0 Å². The molecule has 0 saturated heterocycles. The molecule has 0 unspecified atom stereocenters. The van der Waals surface area contributed by atoms with E-state index in [2.05, 4.69) is 51.8 Å². The molecule has 1 aromatic rings. The summed E-state index contributed by atoms with van der Waals surface area (Å²) in [4.78, 5) is 5.84. The Kier molecular flexibility index (Phi) is 4.73. The molecule has 1 aromatic heterocycles. The highest BCUT2D eigenvalue weighted by molar-refractivity contribution is 7.11. The van der Waals surface area contributed by atoms with E-state index in [0.29, 0.717) is 5.41 Å². The maximum Gasteiger partial charge on any atom is 0.0928 e. The molecule has 0 aromatic carbocycles. The molecule has 2 nitrogen and oxygen atoms in total. The summed E-state index contributed by atoms with van der Waals surface area (Å²) in [6.07, 6.45) is 4.32. The molecular formula is C14H26N2S. The summed E-state index contributed by atoms with van der Waals surface area (Å²) in [5.41, 5.74) is 0.574. The number of thiazole rings is 1. The molecule has 0 aliphatic carbocycles. The normalized spacial score (nSPS) is 13.1. The van der Waals surface area contributed by atoms with Gasteiger partial charge in [-0.3, -0.25) is 0 Å². The maximum absolute atomic E-state index is 4.50. The molecule has 3 heteroatoms. The van der Waals surface area contributed by atoms with Crippen molar-refractivity contribution in [2.45, 2.75) is 66.5 Å². The second kappa shape index (κ2) is 5.49. The van der Waals surface area contributed by atoms with E-state index in [-0.39, 0.29) is 5.54 Å². The van der Waals surface area contributed by atoms with Gasteiger partial charge in [0.15, 0.2) is 0 Å². The monoisotopic (exact) mass is 254 g/mol. The van der Waals surface area contributed by atoms with Crippen molar-refractivity contribution in [1.29, 1.82) is 0 Å². The van der Waals surface area contributed by atoms with Gasteiger partial charge >= 0.3 is 0 Å². The zero-order valence-electron chi connectivity index (χ0n) is 12.1. The topological polar surface area (TPSA) is 24.9 Å². The van der Waals surface area contributed by atoms with Gasteiger partial charge in [-0.1, -0.05) is 20.8 Å². The van der Waals surface area contributed by atoms with Gasteiger partial charge in [0.25, 0.3) is 0 Å². The molecule has 1 N–H and O–H groups in total. The second-order valence-electron chi connectivity index (χ2n) is 6.88. The quantitative estimate of drug-likeness (QED) is 0.878. The fraction of sp³-hybridized carbons (Fsp3) is 0.786. The first-order valence-corrected chi connectivity index (χ1v) is 7.16. The Morgan fingerprint density at radius 1 is 1.18 bits per heavy atom. The smallest absolute Gasteiger partial charge is 0.0928 e. The van der Waals surface area contributed by atoms with E-state index in [0.717, 1.165) is 13.0 Å². The third-order valence-electron chi connectivity index (χ3n) is 2.48. The Hall–Kier alpha value is -0.410. The summed E-state index contributed by atoms with van der Waals surface area (Å²) in [6, 6.07) is 0. The average Bonchev–Trinajstić information content (AvgIpc) is 2.57. The molecular weight excluding hydrogens is 228 g/mol. The van der Waals surface area contributed by atoms with E-state index in [1.807, 2.05) is 17.5 Å². The summed E-state index contributed by atoms with van der Waals surface area (Å²) in [5, 5.41) is 4.76. The van der Waals surface area contributed by atoms with Gasteiger partial charge in [-0.15, -0.1) is 11.3 Å². The van der Waals surface area contributed by atoms with Crippen LogP contribution in [0.1, 0.15) is 57.8 Å². The van der Waals surface area contributed by atoms with Gasteiger partial charge in [0.1, 0.15) is 0 Å². The van der Waals surface area contributed by atoms with Crippen LogP contribution in [0.5, 0.6) is 0 Å². The van der Waals surface area contributed by atoms with Gasteiger partial charge in [-0.2, -0.15) is 0 Å². The first-order valence-electron chi connectivity index (χ1n) is 6.34. The molecule has 0 amide bonds. The fourth-order valence-electron chi connectivity index (χ4n) is 1.38. The summed E-state index contributed by atoms with van der Waals surface area (Å²) >= 11 is 1.84. The van der Waals surface area contributed by atoms with Gasteiger partial charge in [0, 0.05) is 23.2 Å². The van der Waals surface area contributed by atoms with Crippen molar-refractivity contribution in [2.24, 2.45) is 5.41 Å². The van der Waals surface area contributed by atoms with Crippen molar-refractivity contribution in [3.05, 3.63) is 16.1 Å². The first kappa shape index (κ1) is 14.7. The highest BCUT2D eigenvalue weighted by atomic mass is 32.1. The lowest BCUT2D eigenvalue weighted by Gasteiger charge is -2.19. The summed E-state index contributed by atoms with van der Waals surface area (Å²) in [6.45, 7) is 14.3. The average molecular weight is 254 g/mol. The third kappa shape index (κ3) is 6.79. The van der Waals surface area contributed by atoms with Crippen LogP contribution in [0.25, 0.3) is 0 Å².